The minimum absolute atomic E-state index is 0.102. The molecule has 1 aliphatic heterocycles. The molecular weight excluding hydrogens is 306 g/mol. The summed E-state index contributed by atoms with van der Waals surface area (Å²) in [4.78, 5) is 24.7. The Morgan fingerprint density at radius 1 is 1.21 bits per heavy atom. The van der Waals surface area contributed by atoms with Gasteiger partial charge in [0, 0.05) is 12.3 Å². The van der Waals surface area contributed by atoms with Gasteiger partial charge in [-0.15, -0.1) is 0 Å². The van der Waals surface area contributed by atoms with Gasteiger partial charge in [-0.25, -0.2) is 0 Å². The second-order valence-corrected chi connectivity index (χ2v) is 6.67. The highest BCUT2D eigenvalue weighted by Gasteiger charge is 2.39. The molecule has 0 radical (unpaired) electrons. The SMILES string of the molecule is CC[C@H](C)C[C@H](C)/C(O)=C1\C(=O)N[C@@H](Cc2ccc(O)cc2)C1=O. The second-order valence-electron chi connectivity index (χ2n) is 6.67. The van der Waals surface area contributed by atoms with Crippen LogP contribution in [0, 0.1) is 11.8 Å². The number of phenols is 1. The number of aromatic hydroxyl groups is 1. The van der Waals surface area contributed by atoms with E-state index in [1.54, 1.807) is 24.3 Å². The fourth-order valence-corrected chi connectivity index (χ4v) is 2.96. The van der Waals surface area contributed by atoms with Gasteiger partial charge in [0.1, 0.15) is 17.1 Å². The number of rotatable bonds is 6. The van der Waals surface area contributed by atoms with Crippen LogP contribution in [0.3, 0.4) is 0 Å². The third kappa shape index (κ3) is 3.96. The van der Waals surface area contributed by atoms with E-state index in [2.05, 4.69) is 19.2 Å². The Kier molecular flexibility index (Phi) is 5.65. The molecule has 130 valence electrons. The molecule has 0 aromatic heterocycles. The summed E-state index contributed by atoms with van der Waals surface area (Å²) in [7, 11) is 0. The molecule has 0 aliphatic carbocycles. The molecule has 2 rings (SSSR count). The van der Waals surface area contributed by atoms with Gasteiger partial charge >= 0.3 is 0 Å². The number of carbonyl (C=O) groups is 2. The molecule has 0 saturated carbocycles. The summed E-state index contributed by atoms with van der Waals surface area (Å²) in [5.74, 6) is -0.630. The zero-order chi connectivity index (χ0) is 17.9. The van der Waals surface area contributed by atoms with Crippen molar-refractivity contribution in [3.05, 3.63) is 41.2 Å². The predicted molar refractivity (Wildman–Crippen MR) is 91.6 cm³/mol. The van der Waals surface area contributed by atoms with Crippen LogP contribution in [0.4, 0.5) is 0 Å². The van der Waals surface area contributed by atoms with E-state index < -0.39 is 11.9 Å². The number of aliphatic hydroxyl groups is 1. The highest BCUT2D eigenvalue weighted by atomic mass is 16.3. The summed E-state index contributed by atoms with van der Waals surface area (Å²) in [5, 5.41) is 22.3. The molecule has 1 aromatic carbocycles. The fourth-order valence-electron chi connectivity index (χ4n) is 2.96. The summed E-state index contributed by atoms with van der Waals surface area (Å²) >= 11 is 0. The van der Waals surface area contributed by atoms with E-state index >= 15 is 0 Å². The number of carbonyl (C=O) groups excluding carboxylic acids is 2. The number of amides is 1. The van der Waals surface area contributed by atoms with Crippen LogP contribution in [0.2, 0.25) is 0 Å². The summed E-state index contributed by atoms with van der Waals surface area (Å²) in [6.45, 7) is 5.99. The van der Waals surface area contributed by atoms with E-state index in [9.17, 15) is 19.8 Å². The summed E-state index contributed by atoms with van der Waals surface area (Å²) < 4.78 is 0. The van der Waals surface area contributed by atoms with Crippen molar-refractivity contribution in [1.82, 2.24) is 5.32 Å². The van der Waals surface area contributed by atoms with E-state index in [4.69, 9.17) is 0 Å². The van der Waals surface area contributed by atoms with Crippen LogP contribution in [-0.2, 0) is 16.0 Å². The first-order valence-corrected chi connectivity index (χ1v) is 8.39. The molecule has 1 aliphatic rings. The molecule has 24 heavy (non-hydrogen) atoms. The quantitative estimate of drug-likeness (QED) is 0.425. The van der Waals surface area contributed by atoms with Gasteiger partial charge in [0.2, 0.25) is 0 Å². The van der Waals surface area contributed by atoms with E-state index in [0.29, 0.717) is 12.3 Å². The average molecular weight is 331 g/mol. The highest BCUT2D eigenvalue weighted by Crippen LogP contribution is 2.26. The van der Waals surface area contributed by atoms with Crippen LogP contribution >= 0.6 is 0 Å². The maximum absolute atomic E-state index is 12.5. The molecule has 3 N–H and O–H groups in total. The molecule has 1 heterocycles. The van der Waals surface area contributed by atoms with Gasteiger partial charge in [-0.3, -0.25) is 9.59 Å². The van der Waals surface area contributed by atoms with Crippen molar-refractivity contribution in [2.75, 3.05) is 0 Å². The summed E-state index contributed by atoms with van der Waals surface area (Å²) in [6, 6.07) is 5.83. The van der Waals surface area contributed by atoms with Crippen LogP contribution in [0.25, 0.3) is 0 Å². The van der Waals surface area contributed by atoms with Crippen molar-refractivity contribution in [1.29, 1.82) is 0 Å². The molecule has 1 fully saturated rings. The first-order chi connectivity index (χ1) is 11.3. The van der Waals surface area contributed by atoms with Crippen LogP contribution in [0.1, 0.15) is 39.2 Å². The minimum atomic E-state index is -0.671. The lowest BCUT2D eigenvalue weighted by Crippen LogP contribution is -2.31. The van der Waals surface area contributed by atoms with E-state index in [0.717, 1.165) is 18.4 Å². The molecule has 0 spiro atoms. The van der Waals surface area contributed by atoms with Crippen LogP contribution in [0.5, 0.6) is 5.75 Å². The zero-order valence-corrected chi connectivity index (χ0v) is 14.4. The Balaban J connectivity index is 2.15. The number of allylic oxidation sites excluding steroid dienone is 1. The van der Waals surface area contributed by atoms with Crippen LogP contribution in [0.15, 0.2) is 35.6 Å². The first kappa shape index (κ1) is 18.0. The Morgan fingerprint density at radius 3 is 2.42 bits per heavy atom. The highest BCUT2D eigenvalue weighted by molar-refractivity contribution is 6.26. The van der Waals surface area contributed by atoms with Crippen LogP contribution in [-0.4, -0.2) is 27.9 Å². The molecule has 5 nitrogen and oxygen atoms in total. The van der Waals surface area contributed by atoms with Gasteiger partial charge in [0.25, 0.3) is 5.91 Å². The number of hydrogen-bond donors (Lipinski definition) is 3. The average Bonchev–Trinajstić information content (AvgIpc) is 2.82. The predicted octanol–water partition coefficient (Wildman–Crippen LogP) is 2.89. The van der Waals surface area contributed by atoms with Gasteiger partial charge < -0.3 is 15.5 Å². The van der Waals surface area contributed by atoms with E-state index in [1.165, 1.54) is 0 Å². The second kappa shape index (κ2) is 7.51. The lowest BCUT2D eigenvalue weighted by atomic mass is 9.91. The number of aliphatic hydroxyl groups excluding tert-OH is 1. The van der Waals surface area contributed by atoms with Gasteiger partial charge in [-0.05, 0) is 30.0 Å². The lowest BCUT2D eigenvalue weighted by molar-refractivity contribution is -0.117. The van der Waals surface area contributed by atoms with Crippen molar-refractivity contribution in [3.8, 4) is 5.75 Å². The molecule has 0 unspecified atom stereocenters. The molecule has 0 bridgehead atoms. The maximum atomic E-state index is 12.5. The van der Waals surface area contributed by atoms with Gasteiger partial charge in [-0.2, -0.15) is 0 Å². The van der Waals surface area contributed by atoms with Crippen molar-refractivity contribution >= 4 is 11.7 Å². The topological polar surface area (TPSA) is 86.6 Å². The Hall–Kier alpha value is -2.30. The van der Waals surface area contributed by atoms with Gasteiger partial charge in [0.05, 0.1) is 6.04 Å². The van der Waals surface area contributed by atoms with Crippen molar-refractivity contribution in [2.24, 2.45) is 11.8 Å². The molecule has 1 amide bonds. The third-order valence-corrected chi connectivity index (χ3v) is 4.65. The number of ketones is 1. The van der Waals surface area contributed by atoms with E-state index in [1.807, 2.05) is 6.92 Å². The summed E-state index contributed by atoms with van der Waals surface area (Å²) in [6.07, 6.45) is 2.05. The number of Topliss-reactive ketones (excluding diaryl/α,β-unsaturated/α-hetero) is 1. The smallest absolute Gasteiger partial charge is 0.259 e. The molecule has 1 aromatic rings. The normalized spacial score (nSPS) is 22.2. The van der Waals surface area contributed by atoms with Crippen molar-refractivity contribution in [2.45, 2.75) is 46.1 Å². The molecular formula is C19H25NO4. The molecule has 5 heteroatoms. The largest absolute Gasteiger partial charge is 0.511 e. The number of nitrogens with one attached hydrogen (secondary N) is 1. The summed E-state index contributed by atoms with van der Waals surface area (Å²) in [5.41, 5.74) is 0.731. The Bertz CT molecular complexity index is 648. The van der Waals surface area contributed by atoms with Crippen LogP contribution < -0.4 is 5.32 Å². The Morgan fingerprint density at radius 2 is 1.83 bits per heavy atom. The lowest BCUT2D eigenvalue weighted by Gasteiger charge is -2.16. The van der Waals surface area contributed by atoms with Gasteiger partial charge in [0.15, 0.2) is 5.78 Å². The third-order valence-electron chi connectivity index (χ3n) is 4.65. The van der Waals surface area contributed by atoms with E-state index in [-0.39, 0.29) is 28.8 Å². The zero-order valence-electron chi connectivity index (χ0n) is 14.4. The molecule has 3 atom stereocenters. The fraction of sp³-hybridized carbons (Fsp3) is 0.474. The van der Waals surface area contributed by atoms with Crippen molar-refractivity contribution in [3.63, 3.8) is 0 Å². The Labute approximate surface area is 142 Å². The van der Waals surface area contributed by atoms with Crippen molar-refractivity contribution < 1.29 is 19.8 Å². The van der Waals surface area contributed by atoms with Gasteiger partial charge in [-0.1, -0.05) is 39.3 Å². The number of benzene rings is 1. The minimum Gasteiger partial charge on any atom is -0.511 e. The number of phenolic OH excluding ortho intramolecular Hbond substituents is 1. The number of hydrogen-bond acceptors (Lipinski definition) is 4. The first-order valence-electron chi connectivity index (χ1n) is 8.39. The standard InChI is InChI=1S/C19H25NO4/c1-4-11(2)9-12(3)17(22)16-18(23)15(20-19(16)24)10-13-5-7-14(21)8-6-13/h5-8,11-12,15,21-22H,4,9-10H2,1-3H3,(H,20,24)/b17-16+/t11-,12-,15-/m0/s1. The maximum Gasteiger partial charge on any atom is 0.259 e. The monoisotopic (exact) mass is 331 g/mol. The molecule has 1 saturated heterocycles.